The van der Waals surface area contributed by atoms with Crippen molar-refractivity contribution in [1.29, 1.82) is 0 Å². The molecule has 0 saturated heterocycles. The zero-order valence-electron chi connectivity index (χ0n) is 19.2. The smallest absolute Gasteiger partial charge is 0.130 e. The van der Waals surface area contributed by atoms with Crippen LogP contribution in [0.15, 0.2) is 83.6 Å². The molecule has 0 fully saturated rings. The quantitative estimate of drug-likeness (QED) is 0.245. The van der Waals surface area contributed by atoms with Crippen LogP contribution in [-0.4, -0.2) is 17.5 Å². The van der Waals surface area contributed by atoms with E-state index in [1.165, 1.54) is 6.26 Å². The molecule has 0 aliphatic heterocycles. The predicted octanol–water partition coefficient (Wildman–Crippen LogP) is 7.08. The van der Waals surface area contributed by atoms with Crippen molar-refractivity contribution < 1.29 is 18.8 Å². The van der Waals surface area contributed by atoms with Crippen LogP contribution in [0.4, 0.5) is 0 Å². The van der Waals surface area contributed by atoms with Crippen LogP contribution in [-0.2, 0) is 11.4 Å². The lowest BCUT2D eigenvalue weighted by atomic mass is 9.91. The molecule has 0 aliphatic rings. The van der Waals surface area contributed by atoms with Gasteiger partial charge in [0.15, 0.2) is 0 Å². The van der Waals surface area contributed by atoms with Gasteiger partial charge in [-0.3, -0.25) is 4.79 Å². The van der Waals surface area contributed by atoms with Gasteiger partial charge in [-0.05, 0) is 60.9 Å². The van der Waals surface area contributed by atoms with Crippen LogP contribution in [0, 0.1) is 0 Å². The normalized spacial score (nSPS) is 11.7. The summed E-state index contributed by atoms with van der Waals surface area (Å²) < 4.78 is 16.7. The number of halogens is 1. The van der Waals surface area contributed by atoms with E-state index in [4.69, 9.17) is 25.6 Å². The molecule has 0 aliphatic carbocycles. The van der Waals surface area contributed by atoms with E-state index in [2.05, 4.69) is 17.3 Å². The summed E-state index contributed by atoms with van der Waals surface area (Å²) in [6.45, 7) is 4.56. The van der Waals surface area contributed by atoms with E-state index in [0.717, 1.165) is 39.4 Å². The zero-order chi connectivity index (χ0) is 23.9. The number of carbonyl (C=O) groups is 1. The molecule has 4 rings (SSSR count). The van der Waals surface area contributed by atoms with E-state index in [9.17, 15) is 4.79 Å². The van der Waals surface area contributed by atoms with Gasteiger partial charge in [-0.2, -0.15) is 0 Å². The largest absolute Gasteiger partial charge is 0.493 e. The summed E-state index contributed by atoms with van der Waals surface area (Å²) >= 11 is 6.12. The monoisotopic (exact) mass is 475 g/mol. The Morgan fingerprint density at radius 3 is 2.41 bits per heavy atom. The van der Waals surface area contributed by atoms with Gasteiger partial charge in [0, 0.05) is 29.0 Å². The fourth-order valence-electron chi connectivity index (χ4n) is 3.84. The Kier molecular flexibility index (Phi) is 7.65. The lowest BCUT2D eigenvalue weighted by Crippen LogP contribution is -2.06. The fourth-order valence-corrected chi connectivity index (χ4v) is 4.00. The van der Waals surface area contributed by atoms with Crippen LogP contribution in [0.5, 0.6) is 11.5 Å². The molecule has 1 atom stereocenters. The van der Waals surface area contributed by atoms with Gasteiger partial charge in [0.05, 0.1) is 12.3 Å². The Balaban J connectivity index is 1.42. The third-order valence-corrected chi connectivity index (χ3v) is 5.74. The number of nitrogens with zero attached hydrogens (tertiary/aromatic N) is 1. The second-order valence-electron chi connectivity index (χ2n) is 8.01. The Morgan fingerprint density at radius 1 is 1.00 bits per heavy atom. The molecule has 0 radical (unpaired) electrons. The highest BCUT2D eigenvalue weighted by molar-refractivity contribution is 6.30. The van der Waals surface area contributed by atoms with Crippen molar-refractivity contribution in [3.8, 4) is 22.6 Å². The molecule has 1 heterocycles. The Morgan fingerprint density at radius 2 is 1.76 bits per heavy atom. The van der Waals surface area contributed by atoms with Gasteiger partial charge in [-0.25, -0.2) is 0 Å². The van der Waals surface area contributed by atoms with E-state index in [1.54, 1.807) is 13.0 Å². The van der Waals surface area contributed by atoms with E-state index in [0.29, 0.717) is 24.7 Å². The van der Waals surface area contributed by atoms with Crippen molar-refractivity contribution in [2.24, 2.45) is 0 Å². The number of ether oxygens (including phenoxy) is 2. The first kappa shape index (κ1) is 23.6. The SMILES string of the molecule is CCOc1cc(Cl)ccc1-c1ccc(COc2ccc([C@H](CC(C)=O)c3ccon3)cc2)cc1. The van der Waals surface area contributed by atoms with E-state index in [-0.39, 0.29) is 11.7 Å². The molecular formula is C28H26ClNO4. The Hall–Kier alpha value is -3.57. The second-order valence-corrected chi connectivity index (χ2v) is 8.45. The highest BCUT2D eigenvalue weighted by Gasteiger charge is 2.19. The minimum absolute atomic E-state index is 0.101. The molecule has 5 nitrogen and oxygen atoms in total. The number of hydrogen-bond acceptors (Lipinski definition) is 5. The highest BCUT2D eigenvalue weighted by atomic mass is 35.5. The van der Waals surface area contributed by atoms with Crippen molar-refractivity contribution in [1.82, 2.24) is 5.16 Å². The first-order valence-electron chi connectivity index (χ1n) is 11.2. The molecule has 0 saturated carbocycles. The van der Waals surface area contributed by atoms with Gasteiger partial charge in [0.25, 0.3) is 0 Å². The third kappa shape index (κ3) is 5.86. The minimum atomic E-state index is -0.132. The van der Waals surface area contributed by atoms with Gasteiger partial charge in [0.1, 0.15) is 30.2 Å². The van der Waals surface area contributed by atoms with Gasteiger partial charge in [0.2, 0.25) is 0 Å². The maximum atomic E-state index is 11.7. The number of ketones is 1. The van der Waals surface area contributed by atoms with E-state index < -0.39 is 0 Å². The van der Waals surface area contributed by atoms with Crippen molar-refractivity contribution in [2.45, 2.75) is 32.8 Å². The van der Waals surface area contributed by atoms with E-state index in [1.807, 2.05) is 61.5 Å². The molecule has 0 spiro atoms. The maximum absolute atomic E-state index is 11.7. The Labute approximate surface area is 204 Å². The van der Waals surface area contributed by atoms with Crippen molar-refractivity contribution >= 4 is 17.4 Å². The first-order valence-corrected chi connectivity index (χ1v) is 11.6. The lowest BCUT2D eigenvalue weighted by Gasteiger charge is -2.14. The number of carbonyl (C=O) groups excluding carboxylic acids is 1. The van der Waals surface area contributed by atoms with Crippen LogP contribution in [0.1, 0.15) is 43.0 Å². The third-order valence-electron chi connectivity index (χ3n) is 5.50. The lowest BCUT2D eigenvalue weighted by molar-refractivity contribution is -0.117. The fraction of sp³-hybridized carbons (Fsp3) is 0.214. The van der Waals surface area contributed by atoms with Crippen LogP contribution >= 0.6 is 11.6 Å². The maximum Gasteiger partial charge on any atom is 0.130 e. The number of aromatic nitrogens is 1. The molecule has 0 bridgehead atoms. The van der Waals surface area contributed by atoms with Crippen LogP contribution < -0.4 is 9.47 Å². The molecule has 174 valence electrons. The summed E-state index contributed by atoms with van der Waals surface area (Å²) in [7, 11) is 0. The average molecular weight is 476 g/mol. The molecular weight excluding hydrogens is 450 g/mol. The Bertz CT molecular complexity index is 1220. The minimum Gasteiger partial charge on any atom is -0.493 e. The van der Waals surface area contributed by atoms with Gasteiger partial charge >= 0.3 is 0 Å². The van der Waals surface area contributed by atoms with Gasteiger partial charge < -0.3 is 14.0 Å². The van der Waals surface area contributed by atoms with Crippen molar-refractivity contribution in [3.05, 3.63) is 101 Å². The summed E-state index contributed by atoms with van der Waals surface area (Å²) in [4.78, 5) is 11.7. The molecule has 34 heavy (non-hydrogen) atoms. The molecule has 0 unspecified atom stereocenters. The molecule has 3 aromatic carbocycles. The topological polar surface area (TPSA) is 61.6 Å². The van der Waals surface area contributed by atoms with Crippen LogP contribution in [0.25, 0.3) is 11.1 Å². The number of Topliss-reactive ketones (excluding diaryl/α,β-unsaturated/α-hetero) is 1. The predicted molar refractivity (Wildman–Crippen MR) is 132 cm³/mol. The molecule has 4 aromatic rings. The average Bonchev–Trinajstić information content (AvgIpc) is 3.37. The summed E-state index contributed by atoms with van der Waals surface area (Å²) in [5, 5.41) is 4.67. The van der Waals surface area contributed by atoms with Crippen LogP contribution in [0.3, 0.4) is 0 Å². The number of hydrogen-bond donors (Lipinski definition) is 0. The molecule has 0 amide bonds. The highest BCUT2D eigenvalue weighted by Crippen LogP contribution is 2.33. The molecule has 0 N–H and O–H groups in total. The summed E-state index contributed by atoms with van der Waals surface area (Å²) in [6, 6.07) is 23.4. The summed E-state index contributed by atoms with van der Waals surface area (Å²) in [5.74, 6) is 1.50. The van der Waals surface area contributed by atoms with Gasteiger partial charge in [-0.15, -0.1) is 0 Å². The molecule has 1 aromatic heterocycles. The second kappa shape index (κ2) is 11.0. The van der Waals surface area contributed by atoms with Crippen molar-refractivity contribution in [3.63, 3.8) is 0 Å². The van der Waals surface area contributed by atoms with Crippen molar-refractivity contribution in [2.75, 3.05) is 6.61 Å². The van der Waals surface area contributed by atoms with E-state index >= 15 is 0 Å². The first-order chi connectivity index (χ1) is 16.5. The number of benzene rings is 3. The summed E-state index contributed by atoms with van der Waals surface area (Å²) in [6.07, 6.45) is 1.90. The van der Waals surface area contributed by atoms with Gasteiger partial charge in [-0.1, -0.05) is 53.2 Å². The van der Waals surface area contributed by atoms with Crippen LogP contribution in [0.2, 0.25) is 5.02 Å². The summed E-state index contributed by atoms with van der Waals surface area (Å²) in [5.41, 5.74) is 4.85. The molecule has 6 heteroatoms. The number of rotatable bonds is 10. The zero-order valence-corrected chi connectivity index (χ0v) is 19.9. The standard InChI is InChI=1S/C28H26ClNO4/c1-3-32-28-17-23(29)10-13-25(28)21-6-4-20(5-7-21)18-33-24-11-8-22(9-12-24)26(16-19(2)31)27-14-15-34-30-27/h4-15,17,26H,3,16,18H2,1-2H3/t26-/m0/s1.